The van der Waals surface area contributed by atoms with E-state index in [0.29, 0.717) is 17.1 Å². The van der Waals surface area contributed by atoms with Crippen molar-refractivity contribution in [2.24, 2.45) is 0 Å². The predicted molar refractivity (Wildman–Crippen MR) is 94.4 cm³/mol. The van der Waals surface area contributed by atoms with Gasteiger partial charge in [-0.25, -0.2) is 14.5 Å². The first-order valence-electron chi connectivity index (χ1n) is 7.85. The zero-order chi connectivity index (χ0) is 18.2. The molecule has 2 aromatic rings. The third-order valence-electron chi connectivity index (χ3n) is 3.21. The van der Waals surface area contributed by atoms with Gasteiger partial charge in [-0.15, -0.1) is 0 Å². The SMILES string of the molecule is CCOC(=O)Nc1ccc(N(C(=O)OCC)c2ccc(O)cc2)cc1. The summed E-state index contributed by atoms with van der Waals surface area (Å²) in [5.74, 6) is 0.0987. The van der Waals surface area contributed by atoms with Gasteiger partial charge in [0.2, 0.25) is 0 Å². The number of nitrogens with one attached hydrogen (secondary N) is 1. The summed E-state index contributed by atoms with van der Waals surface area (Å²) in [4.78, 5) is 25.1. The summed E-state index contributed by atoms with van der Waals surface area (Å²) >= 11 is 0. The van der Waals surface area contributed by atoms with E-state index in [1.165, 1.54) is 17.0 Å². The van der Waals surface area contributed by atoms with E-state index in [0.717, 1.165) is 0 Å². The minimum absolute atomic E-state index is 0.0987. The van der Waals surface area contributed by atoms with Crippen LogP contribution >= 0.6 is 0 Å². The summed E-state index contributed by atoms with van der Waals surface area (Å²) in [6.45, 7) is 3.95. The first-order valence-corrected chi connectivity index (χ1v) is 7.85. The first kappa shape index (κ1) is 18.1. The molecule has 132 valence electrons. The molecule has 2 amide bonds. The summed E-state index contributed by atoms with van der Waals surface area (Å²) in [6, 6.07) is 12.8. The van der Waals surface area contributed by atoms with Crippen LogP contribution in [-0.4, -0.2) is 30.5 Å². The van der Waals surface area contributed by atoms with E-state index in [-0.39, 0.29) is 19.0 Å². The number of amides is 2. The largest absolute Gasteiger partial charge is 0.508 e. The van der Waals surface area contributed by atoms with Crippen molar-refractivity contribution in [3.8, 4) is 5.75 Å². The summed E-state index contributed by atoms with van der Waals surface area (Å²) in [5.41, 5.74) is 1.64. The minimum atomic E-state index is -0.545. The molecule has 7 nitrogen and oxygen atoms in total. The molecule has 2 aromatic carbocycles. The van der Waals surface area contributed by atoms with Crippen LogP contribution in [0, 0.1) is 0 Å². The van der Waals surface area contributed by atoms with Gasteiger partial charge in [-0.1, -0.05) is 0 Å². The zero-order valence-electron chi connectivity index (χ0n) is 14.1. The average Bonchev–Trinajstić information content (AvgIpc) is 2.59. The maximum absolute atomic E-state index is 12.3. The number of benzene rings is 2. The van der Waals surface area contributed by atoms with E-state index in [9.17, 15) is 14.7 Å². The number of ether oxygens (including phenoxy) is 2. The molecule has 0 spiro atoms. The van der Waals surface area contributed by atoms with Gasteiger partial charge in [0.15, 0.2) is 0 Å². The van der Waals surface area contributed by atoms with Gasteiger partial charge in [-0.05, 0) is 62.4 Å². The molecule has 0 aliphatic heterocycles. The molecule has 7 heteroatoms. The first-order chi connectivity index (χ1) is 12.0. The van der Waals surface area contributed by atoms with Crippen molar-refractivity contribution in [1.29, 1.82) is 0 Å². The fourth-order valence-corrected chi connectivity index (χ4v) is 2.13. The van der Waals surface area contributed by atoms with Crippen LogP contribution in [0.15, 0.2) is 48.5 Å². The van der Waals surface area contributed by atoms with Crippen LogP contribution in [0.25, 0.3) is 0 Å². The van der Waals surface area contributed by atoms with E-state index in [1.54, 1.807) is 50.2 Å². The third kappa shape index (κ3) is 4.87. The summed E-state index contributed by atoms with van der Waals surface area (Å²) < 4.78 is 9.92. The van der Waals surface area contributed by atoms with Gasteiger partial charge in [0, 0.05) is 5.69 Å². The minimum Gasteiger partial charge on any atom is -0.508 e. The van der Waals surface area contributed by atoms with Crippen molar-refractivity contribution in [2.75, 3.05) is 23.4 Å². The van der Waals surface area contributed by atoms with Crippen LogP contribution in [0.2, 0.25) is 0 Å². The smallest absolute Gasteiger partial charge is 0.418 e. The number of aromatic hydroxyl groups is 1. The predicted octanol–water partition coefficient (Wildman–Crippen LogP) is 4.26. The number of phenolic OH excluding ortho intramolecular Hbond substituents is 1. The second-order valence-electron chi connectivity index (χ2n) is 4.94. The van der Waals surface area contributed by atoms with Crippen molar-refractivity contribution in [3.63, 3.8) is 0 Å². The van der Waals surface area contributed by atoms with Gasteiger partial charge < -0.3 is 14.6 Å². The van der Waals surface area contributed by atoms with E-state index >= 15 is 0 Å². The molecule has 25 heavy (non-hydrogen) atoms. The van der Waals surface area contributed by atoms with Gasteiger partial charge in [0.05, 0.1) is 24.6 Å². The topological polar surface area (TPSA) is 88.1 Å². The van der Waals surface area contributed by atoms with Gasteiger partial charge in [-0.3, -0.25) is 5.32 Å². The molecule has 0 unspecified atom stereocenters. The van der Waals surface area contributed by atoms with Crippen LogP contribution in [0.1, 0.15) is 13.8 Å². The van der Waals surface area contributed by atoms with Gasteiger partial charge in [0.25, 0.3) is 0 Å². The standard InChI is InChI=1S/C18H20N2O5/c1-3-24-17(22)19-13-5-7-14(8-6-13)20(18(23)25-4-2)15-9-11-16(21)12-10-15/h5-12,21H,3-4H2,1-2H3,(H,19,22). The lowest BCUT2D eigenvalue weighted by Crippen LogP contribution is -2.26. The Morgan fingerprint density at radius 3 is 1.96 bits per heavy atom. The number of rotatable bonds is 5. The monoisotopic (exact) mass is 344 g/mol. The Kier molecular flexibility index (Phi) is 6.22. The van der Waals surface area contributed by atoms with E-state index in [4.69, 9.17) is 9.47 Å². The second kappa shape index (κ2) is 8.58. The highest BCUT2D eigenvalue weighted by atomic mass is 16.6. The van der Waals surface area contributed by atoms with Crippen LogP contribution in [0.5, 0.6) is 5.75 Å². The number of carbonyl (C=O) groups is 2. The quantitative estimate of drug-likeness (QED) is 0.846. The van der Waals surface area contributed by atoms with Crippen molar-refractivity contribution in [2.45, 2.75) is 13.8 Å². The Morgan fingerprint density at radius 2 is 1.44 bits per heavy atom. The fraction of sp³-hybridized carbons (Fsp3) is 0.222. The molecule has 0 saturated carbocycles. The van der Waals surface area contributed by atoms with Crippen molar-refractivity contribution in [3.05, 3.63) is 48.5 Å². The van der Waals surface area contributed by atoms with Crippen molar-refractivity contribution in [1.82, 2.24) is 0 Å². The summed E-state index contributed by atoms with van der Waals surface area (Å²) in [5, 5.41) is 12.0. The Bertz CT molecular complexity index is 713. The summed E-state index contributed by atoms with van der Waals surface area (Å²) in [6.07, 6.45) is -1.09. The van der Waals surface area contributed by atoms with Gasteiger partial charge in [-0.2, -0.15) is 0 Å². The van der Waals surface area contributed by atoms with Crippen molar-refractivity contribution < 1.29 is 24.2 Å². The number of carbonyl (C=O) groups excluding carboxylic acids is 2. The van der Waals surface area contributed by atoms with Crippen molar-refractivity contribution >= 4 is 29.2 Å². The Labute approximate surface area is 145 Å². The third-order valence-corrected chi connectivity index (χ3v) is 3.21. The molecule has 0 fully saturated rings. The van der Waals surface area contributed by atoms with E-state index < -0.39 is 12.2 Å². The molecule has 0 heterocycles. The second-order valence-corrected chi connectivity index (χ2v) is 4.94. The molecular weight excluding hydrogens is 324 g/mol. The van der Waals surface area contributed by atoms with Crippen LogP contribution in [0.3, 0.4) is 0 Å². The zero-order valence-corrected chi connectivity index (χ0v) is 14.1. The maximum atomic E-state index is 12.3. The lowest BCUT2D eigenvalue weighted by molar-refractivity contribution is 0.162. The van der Waals surface area contributed by atoms with Crippen LogP contribution in [0.4, 0.5) is 26.7 Å². The van der Waals surface area contributed by atoms with E-state index in [1.807, 2.05) is 0 Å². The molecule has 0 aliphatic rings. The Morgan fingerprint density at radius 1 is 0.920 bits per heavy atom. The summed E-state index contributed by atoms with van der Waals surface area (Å²) in [7, 11) is 0. The molecule has 0 radical (unpaired) electrons. The van der Waals surface area contributed by atoms with Gasteiger partial charge in [0.1, 0.15) is 5.75 Å². The number of anilines is 3. The van der Waals surface area contributed by atoms with E-state index in [2.05, 4.69) is 5.32 Å². The molecule has 0 atom stereocenters. The molecule has 0 saturated heterocycles. The molecule has 2 N–H and O–H groups in total. The van der Waals surface area contributed by atoms with Gasteiger partial charge >= 0.3 is 12.2 Å². The number of phenols is 1. The lowest BCUT2D eigenvalue weighted by Gasteiger charge is -2.22. The average molecular weight is 344 g/mol. The molecular formula is C18H20N2O5. The highest BCUT2D eigenvalue weighted by Crippen LogP contribution is 2.29. The lowest BCUT2D eigenvalue weighted by atomic mass is 10.2. The fourth-order valence-electron chi connectivity index (χ4n) is 2.13. The molecule has 0 aromatic heterocycles. The normalized spacial score (nSPS) is 10.0. The number of nitrogens with zero attached hydrogens (tertiary/aromatic N) is 1. The maximum Gasteiger partial charge on any atom is 0.418 e. The van der Waals surface area contributed by atoms with Crippen LogP contribution in [-0.2, 0) is 9.47 Å². The molecule has 0 bridgehead atoms. The molecule has 0 aliphatic carbocycles. The highest BCUT2D eigenvalue weighted by Gasteiger charge is 2.19. The highest BCUT2D eigenvalue weighted by molar-refractivity contribution is 5.96. The van der Waals surface area contributed by atoms with Crippen LogP contribution < -0.4 is 10.2 Å². The number of hydrogen-bond donors (Lipinski definition) is 2. The molecule has 2 rings (SSSR count). The Hall–Kier alpha value is -3.22. The number of hydrogen-bond acceptors (Lipinski definition) is 5. The Balaban J connectivity index is 2.26.